The van der Waals surface area contributed by atoms with Crippen molar-refractivity contribution in [2.24, 2.45) is 7.05 Å². The standard InChI is InChI=1S/C10H11Cl2N5O/c1-3-13-8-6(11)4-7(12)9(15-8)18-10-14-5-17(2)16-10/h4-5H,3H2,1-2H3,(H,13,15). The van der Waals surface area contributed by atoms with Gasteiger partial charge in [-0.1, -0.05) is 23.2 Å². The fraction of sp³-hybridized carbons (Fsp3) is 0.300. The molecule has 0 unspecified atom stereocenters. The summed E-state index contributed by atoms with van der Waals surface area (Å²) in [6.07, 6.45) is 1.52. The van der Waals surface area contributed by atoms with Crippen molar-refractivity contribution in [1.82, 2.24) is 19.7 Å². The van der Waals surface area contributed by atoms with Gasteiger partial charge in [0.15, 0.2) is 0 Å². The molecular formula is C10H11Cl2N5O. The van der Waals surface area contributed by atoms with Crippen molar-refractivity contribution in [3.05, 3.63) is 22.4 Å². The zero-order chi connectivity index (χ0) is 13.1. The zero-order valence-electron chi connectivity index (χ0n) is 9.81. The Kier molecular flexibility index (Phi) is 3.88. The Morgan fingerprint density at radius 1 is 1.39 bits per heavy atom. The highest BCUT2D eigenvalue weighted by atomic mass is 35.5. The van der Waals surface area contributed by atoms with Crippen LogP contribution >= 0.6 is 23.2 Å². The van der Waals surface area contributed by atoms with Crippen molar-refractivity contribution in [3.63, 3.8) is 0 Å². The number of pyridine rings is 1. The van der Waals surface area contributed by atoms with Crippen LogP contribution < -0.4 is 10.1 Å². The number of halogens is 2. The van der Waals surface area contributed by atoms with Crippen LogP contribution in [0.5, 0.6) is 11.9 Å². The highest BCUT2D eigenvalue weighted by Crippen LogP contribution is 2.32. The molecule has 2 rings (SSSR count). The van der Waals surface area contributed by atoms with Crippen LogP contribution in [0.2, 0.25) is 10.0 Å². The van der Waals surface area contributed by atoms with E-state index in [4.69, 9.17) is 27.9 Å². The lowest BCUT2D eigenvalue weighted by atomic mass is 10.4. The second kappa shape index (κ2) is 5.41. The second-order valence-electron chi connectivity index (χ2n) is 3.44. The van der Waals surface area contributed by atoms with E-state index in [1.807, 2.05) is 6.92 Å². The van der Waals surface area contributed by atoms with Gasteiger partial charge < -0.3 is 10.1 Å². The van der Waals surface area contributed by atoms with Gasteiger partial charge in [0.2, 0.25) is 5.88 Å². The molecule has 0 saturated carbocycles. The van der Waals surface area contributed by atoms with Crippen LogP contribution in [0, 0.1) is 0 Å². The summed E-state index contributed by atoms with van der Waals surface area (Å²) in [6.45, 7) is 2.63. The van der Waals surface area contributed by atoms with E-state index in [9.17, 15) is 0 Å². The van der Waals surface area contributed by atoms with Gasteiger partial charge in [-0.2, -0.15) is 9.97 Å². The first-order valence-electron chi connectivity index (χ1n) is 5.23. The van der Waals surface area contributed by atoms with E-state index in [1.54, 1.807) is 13.1 Å². The smallest absolute Gasteiger partial charge is 0.342 e. The van der Waals surface area contributed by atoms with Crippen molar-refractivity contribution in [2.75, 3.05) is 11.9 Å². The van der Waals surface area contributed by atoms with E-state index in [0.717, 1.165) is 0 Å². The van der Waals surface area contributed by atoms with Gasteiger partial charge in [-0.3, -0.25) is 4.68 Å². The molecule has 18 heavy (non-hydrogen) atoms. The molecule has 0 aromatic carbocycles. The van der Waals surface area contributed by atoms with Gasteiger partial charge in [-0.25, -0.2) is 0 Å². The third-order valence-electron chi connectivity index (χ3n) is 2.01. The monoisotopic (exact) mass is 287 g/mol. The van der Waals surface area contributed by atoms with E-state index in [0.29, 0.717) is 22.4 Å². The van der Waals surface area contributed by atoms with Gasteiger partial charge in [-0.05, 0) is 13.0 Å². The molecule has 8 heteroatoms. The lowest BCUT2D eigenvalue weighted by molar-refractivity contribution is 0.423. The van der Waals surface area contributed by atoms with Gasteiger partial charge in [-0.15, -0.1) is 5.10 Å². The topological polar surface area (TPSA) is 64.9 Å². The number of aromatic nitrogens is 4. The second-order valence-corrected chi connectivity index (χ2v) is 4.25. The lowest BCUT2D eigenvalue weighted by Crippen LogP contribution is -2.02. The van der Waals surface area contributed by atoms with Crippen molar-refractivity contribution >= 4 is 29.0 Å². The Hall–Kier alpha value is -1.53. The highest BCUT2D eigenvalue weighted by molar-refractivity contribution is 6.36. The quantitative estimate of drug-likeness (QED) is 0.937. The third kappa shape index (κ3) is 2.83. The van der Waals surface area contributed by atoms with Gasteiger partial charge in [0, 0.05) is 13.6 Å². The molecule has 0 radical (unpaired) electrons. The van der Waals surface area contributed by atoms with E-state index < -0.39 is 0 Å². The number of ether oxygens (including phenoxy) is 1. The molecule has 1 N–H and O–H groups in total. The molecule has 0 spiro atoms. The van der Waals surface area contributed by atoms with Crippen LogP contribution in [0.3, 0.4) is 0 Å². The van der Waals surface area contributed by atoms with Crippen molar-refractivity contribution < 1.29 is 4.74 Å². The van der Waals surface area contributed by atoms with Crippen LogP contribution in [0.1, 0.15) is 6.92 Å². The van der Waals surface area contributed by atoms with Crippen LogP contribution in [0.15, 0.2) is 12.4 Å². The minimum Gasteiger partial charge on any atom is -0.402 e. The van der Waals surface area contributed by atoms with Crippen LogP contribution in [0.25, 0.3) is 0 Å². The predicted molar refractivity (Wildman–Crippen MR) is 69.5 cm³/mol. The molecule has 6 nitrogen and oxygen atoms in total. The lowest BCUT2D eigenvalue weighted by Gasteiger charge is -2.08. The Morgan fingerprint density at radius 2 is 2.17 bits per heavy atom. The number of nitrogens with one attached hydrogen (secondary N) is 1. The molecule has 2 heterocycles. The van der Waals surface area contributed by atoms with Gasteiger partial charge in [0.1, 0.15) is 17.2 Å². The van der Waals surface area contributed by atoms with E-state index >= 15 is 0 Å². The van der Waals surface area contributed by atoms with Gasteiger partial charge in [0.05, 0.1) is 5.02 Å². The molecule has 2 aromatic rings. The predicted octanol–water partition coefficient (Wildman–Crippen LogP) is 2.74. The Morgan fingerprint density at radius 3 is 2.78 bits per heavy atom. The van der Waals surface area contributed by atoms with Crippen LogP contribution in [0.4, 0.5) is 5.82 Å². The number of hydrogen-bond acceptors (Lipinski definition) is 5. The molecule has 0 aliphatic heterocycles. The molecule has 96 valence electrons. The number of anilines is 1. The fourth-order valence-electron chi connectivity index (χ4n) is 1.27. The molecule has 0 bridgehead atoms. The number of rotatable bonds is 4. The number of aryl methyl sites for hydroxylation is 1. The molecule has 2 aromatic heterocycles. The minimum absolute atomic E-state index is 0.177. The Balaban J connectivity index is 2.29. The van der Waals surface area contributed by atoms with Crippen LogP contribution in [-0.2, 0) is 7.05 Å². The fourth-order valence-corrected chi connectivity index (χ4v) is 1.73. The summed E-state index contributed by atoms with van der Waals surface area (Å²) in [5.41, 5.74) is 0. The van der Waals surface area contributed by atoms with Gasteiger partial charge >= 0.3 is 6.01 Å². The first-order valence-corrected chi connectivity index (χ1v) is 5.99. The molecule has 0 fully saturated rings. The molecule has 0 saturated heterocycles. The maximum atomic E-state index is 6.00. The Bertz CT molecular complexity index is 557. The van der Waals surface area contributed by atoms with Crippen molar-refractivity contribution in [1.29, 1.82) is 0 Å². The van der Waals surface area contributed by atoms with E-state index in [-0.39, 0.29) is 11.9 Å². The highest BCUT2D eigenvalue weighted by Gasteiger charge is 2.12. The minimum atomic E-state index is 0.177. The van der Waals surface area contributed by atoms with Crippen LogP contribution in [-0.4, -0.2) is 26.3 Å². The van der Waals surface area contributed by atoms with E-state index in [1.165, 1.54) is 11.0 Å². The maximum absolute atomic E-state index is 6.00. The summed E-state index contributed by atoms with van der Waals surface area (Å²) in [7, 11) is 1.74. The SMILES string of the molecule is CCNc1nc(Oc2ncn(C)n2)c(Cl)cc1Cl. The number of hydrogen-bond donors (Lipinski definition) is 1. The van der Waals surface area contributed by atoms with E-state index in [2.05, 4.69) is 20.4 Å². The molecule has 0 aliphatic rings. The summed E-state index contributed by atoms with van der Waals surface area (Å²) < 4.78 is 6.91. The zero-order valence-corrected chi connectivity index (χ0v) is 11.3. The Labute approximate surface area is 114 Å². The average Bonchev–Trinajstić information content (AvgIpc) is 2.71. The first kappa shape index (κ1) is 12.9. The average molecular weight is 288 g/mol. The van der Waals surface area contributed by atoms with Crippen molar-refractivity contribution in [2.45, 2.75) is 6.92 Å². The first-order chi connectivity index (χ1) is 8.60. The van der Waals surface area contributed by atoms with Gasteiger partial charge in [0.25, 0.3) is 0 Å². The summed E-state index contributed by atoms with van der Waals surface area (Å²) in [6, 6.07) is 1.74. The molecule has 0 aliphatic carbocycles. The number of nitrogens with zero attached hydrogens (tertiary/aromatic N) is 4. The third-order valence-corrected chi connectivity index (χ3v) is 2.57. The summed E-state index contributed by atoms with van der Waals surface area (Å²) in [5.74, 6) is 0.720. The largest absolute Gasteiger partial charge is 0.402 e. The normalized spacial score (nSPS) is 10.4. The maximum Gasteiger partial charge on any atom is 0.342 e. The van der Waals surface area contributed by atoms with Crippen molar-refractivity contribution in [3.8, 4) is 11.9 Å². The molecular weight excluding hydrogens is 277 g/mol. The summed E-state index contributed by atoms with van der Waals surface area (Å²) in [5, 5.41) is 7.72. The summed E-state index contributed by atoms with van der Waals surface area (Å²) >= 11 is 12.0. The summed E-state index contributed by atoms with van der Waals surface area (Å²) in [4.78, 5) is 8.11. The molecule has 0 amide bonds. The molecule has 0 atom stereocenters.